The topological polar surface area (TPSA) is 81.2 Å². The molecule has 0 unspecified atom stereocenters. The zero-order valence-electron chi connectivity index (χ0n) is 14.3. The molecule has 24 heavy (non-hydrogen) atoms. The molecule has 0 saturated carbocycles. The minimum absolute atomic E-state index is 0.0945. The molecule has 0 amide bonds. The highest BCUT2D eigenvalue weighted by Crippen LogP contribution is 2.23. The minimum Gasteiger partial charge on any atom is -0.330 e. The lowest BCUT2D eigenvalue weighted by Gasteiger charge is -2.28. The molecule has 0 atom stereocenters. The van der Waals surface area contributed by atoms with Crippen molar-refractivity contribution < 1.29 is 12.8 Å². The Morgan fingerprint density at radius 3 is 2.54 bits per heavy atom. The van der Waals surface area contributed by atoms with Crippen molar-refractivity contribution in [3.63, 3.8) is 0 Å². The predicted molar refractivity (Wildman–Crippen MR) is 90.9 cm³/mol. The summed E-state index contributed by atoms with van der Waals surface area (Å²) in [5, 5.41) is 4.04. The van der Waals surface area contributed by atoms with E-state index in [2.05, 4.69) is 5.10 Å². The van der Waals surface area contributed by atoms with Gasteiger partial charge >= 0.3 is 0 Å². The Kier molecular flexibility index (Phi) is 5.12. The van der Waals surface area contributed by atoms with Crippen LogP contribution >= 0.6 is 0 Å². The number of nitrogens with two attached hydrogens (primary N) is 1. The quantitative estimate of drug-likeness (QED) is 0.859. The van der Waals surface area contributed by atoms with E-state index < -0.39 is 15.8 Å². The first kappa shape index (κ1) is 18.6. The number of hydrogen-bond donors (Lipinski definition) is 1. The molecule has 0 radical (unpaired) electrons. The van der Waals surface area contributed by atoms with Gasteiger partial charge < -0.3 is 5.73 Å². The van der Waals surface area contributed by atoms with Gasteiger partial charge in [-0.1, -0.05) is 13.8 Å². The Balaban J connectivity index is 2.33. The van der Waals surface area contributed by atoms with E-state index in [4.69, 9.17) is 5.73 Å². The number of rotatable bonds is 6. The third-order valence-corrected chi connectivity index (χ3v) is 5.59. The highest BCUT2D eigenvalue weighted by molar-refractivity contribution is 7.89. The molecule has 2 N–H and O–H groups in total. The van der Waals surface area contributed by atoms with Crippen molar-refractivity contribution >= 4 is 10.0 Å². The molecule has 132 valence electrons. The molecule has 0 aliphatic heterocycles. The zero-order valence-corrected chi connectivity index (χ0v) is 15.1. The van der Waals surface area contributed by atoms with Crippen LogP contribution in [0.2, 0.25) is 0 Å². The summed E-state index contributed by atoms with van der Waals surface area (Å²) in [5.41, 5.74) is 6.37. The van der Waals surface area contributed by atoms with Crippen molar-refractivity contribution in [3.8, 4) is 5.69 Å². The van der Waals surface area contributed by atoms with Crippen LogP contribution in [0.25, 0.3) is 5.69 Å². The summed E-state index contributed by atoms with van der Waals surface area (Å²) < 4.78 is 42.2. The van der Waals surface area contributed by atoms with E-state index in [1.54, 1.807) is 12.4 Å². The second kappa shape index (κ2) is 6.62. The molecule has 0 saturated heterocycles. The van der Waals surface area contributed by atoms with Crippen LogP contribution in [0.3, 0.4) is 0 Å². The van der Waals surface area contributed by atoms with Gasteiger partial charge in [0.1, 0.15) is 11.5 Å². The number of halogens is 1. The van der Waals surface area contributed by atoms with Crippen molar-refractivity contribution in [2.75, 3.05) is 20.1 Å². The number of hydrogen-bond acceptors (Lipinski definition) is 4. The molecule has 0 spiro atoms. The van der Waals surface area contributed by atoms with Gasteiger partial charge in [-0.15, -0.1) is 0 Å². The first-order valence-electron chi connectivity index (χ1n) is 7.54. The fourth-order valence-electron chi connectivity index (χ4n) is 2.31. The van der Waals surface area contributed by atoms with Crippen LogP contribution in [0.5, 0.6) is 0 Å². The Morgan fingerprint density at radius 1 is 1.38 bits per heavy atom. The molecule has 0 bridgehead atoms. The monoisotopic (exact) mass is 354 g/mol. The molecular weight excluding hydrogens is 331 g/mol. The molecule has 0 aliphatic rings. The summed E-state index contributed by atoms with van der Waals surface area (Å²) in [6, 6.07) is 3.82. The number of sulfonamides is 1. The zero-order chi connectivity index (χ0) is 18.1. The predicted octanol–water partition coefficient (Wildman–Crippen LogP) is 1.93. The number of aryl methyl sites for hydroxylation is 1. The maximum Gasteiger partial charge on any atom is 0.242 e. The van der Waals surface area contributed by atoms with E-state index in [-0.39, 0.29) is 22.5 Å². The van der Waals surface area contributed by atoms with E-state index in [9.17, 15) is 12.8 Å². The van der Waals surface area contributed by atoms with Gasteiger partial charge in [-0.05, 0) is 42.6 Å². The first-order chi connectivity index (χ1) is 11.1. The molecule has 2 rings (SSSR count). The van der Waals surface area contributed by atoms with Crippen molar-refractivity contribution in [1.82, 2.24) is 14.1 Å². The van der Waals surface area contributed by atoms with E-state index in [1.165, 1.54) is 28.2 Å². The standard InChI is InChI=1S/C16H23FN4O2S/c1-12-8-19-21(9-12)15-6-5-13(7-14(15)17)24(22,23)20(4)11-16(2,3)10-18/h5-9H,10-11,18H2,1-4H3. The van der Waals surface area contributed by atoms with Gasteiger partial charge in [0.15, 0.2) is 0 Å². The summed E-state index contributed by atoms with van der Waals surface area (Å²) in [4.78, 5) is -0.0945. The largest absolute Gasteiger partial charge is 0.330 e. The van der Waals surface area contributed by atoms with Crippen molar-refractivity contribution in [3.05, 3.63) is 42.0 Å². The summed E-state index contributed by atoms with van der Waals surface area (Å²) in [7, 11) is -2.32. The second-order valence-electron chi connectivity index (χ2n) is 6.70. The Labute approximate surface area is 142 Å². The minimum atomic E-state index is -3.79. The second-order valence-corrected chi connectivity index (χ2v) is 8.75. The summed E-state index contributed by atoms with van der Waals surface area (Å²) in [6.07, 6.45) is 3.27. The molecule has 0 aliphatic carbocycles. The number of benzene rings is 1. The molecule has 1 aromatic carbocycles. The third kappa shape index (κ3) is 3.82. The Hall–Kier alpha value is -1.77. The van der Waals surface area contributed by atoms with Crippen LogP contribution < -0.4 is 5.73 Å². The van der Waals surface area contributed by atoms with E-state index >= 15 is 0 Å². The van der Waals surface area contributed by atoms with Crippen LogP contribution in [-0.4, -0.2) is 42.6 Å². The first-order valence-corrected chi connectivity index (χ1v) is 8.98. The van der Waals surface area contributed by atoms with Crippen LogP contribution in [0.15, 0.2) is 35.5 Å². The van der Waals surface area contributed by atoms with Gasteiger partial charge in [0.25, 0.3) is 0 Å². The van der Waals surface area contributed by atoms with Gasteiger partial charge in [-0.25, -0.2) is 21.8 Å². The highest BCUT2D eigenvalue weighted by Gasteiger charge is 2.28. The lowest BCUT2D eigenvalue weighted by atomic mass is 9.94. The molecule has 1 aromatic heterocycles. The van der Waals surface area contributed by atoms with Gasteiger partial charge in [-0.3, -0.25) is 0 Å². The fourth-order valence-corrected chi connectivity index (χ4v) is 3.68. The number of aromatic nitrogens is 2. The maximum atomic E-state index is 14.4. The molecular formula is C16H23FN4O2S. The third-order valence-electron chi connectivity index (χ3n) is 3.79. The van der Waals surface area contributed by atoms with E-state index in [0.29, 0.717) is 6.54 Å². The molecule has 0 fully saturated rings. The average molecular weight is 354 g/mol. The highest BCUT2D eigenvalue weighted by atomic mass is 32.2. The van der Waals surface area contributed by atoms with Crippen molar-refractivity contribution in [1.29, 1.82) is 0 Å². The molecule has 8 heteroatoms. The molecule has 1 heterocycles. The average Bonchev–Trinajstić information content (AvgIpc) is 2.93. The van der Waals surface area contributed by atoms with Gasteiger partial charge in [0, 0.05) is 19.8 Å². The van der Waals surface area contributed by atoms with Gasteiger partial charge in [0.05, 0.1) is 11.1 Å². The van der Waals surface area contributed by atoms with Crippen LogP contribution in [0.4, 0.5) is 4.39 Å². The van der Waals surface area contributed by atoms with Crippen LogP contribution in [0, 0.1) is 18.2 Å². The van der Waals surface area contributed by atoms with Crippen LogP contribution in [-0.2, 0) is 10.0 Å². The van der Waals surface area contributed by atoms with E-state index in [0.717, 1.165) is 11.6 Å². The van der Waals surface area contributed by atoms with Crippen molar-refractivity contribution in [2.24, 2.45) is 11.1 Å². The summed E-state index contributed by atoms with van der Waals surface area (Å²) in [6.45, 7) is 6.19. The molecule has 6 nitrogen and oxygen atoms in total. The Morgan fingerprint density at radius 2 is 2.04 bits per heavy atom. The van der Waals surface area contributed by atoms with E-state index in [1.807, 2.05) is 20.8 Å². The smallest absolute Gasteiger partial charge is 0.242 e. The van der Waals surface area contributed by atoms with Crippen LogP contribution in [0.1, 0.15) is 19.4 Å². The lowest BCUT2D eigenvalue weighted by molar-refractivity contribution is 0.292. The maximum absolute atomic E-state index is 14.4. The normalized spacial score (nSPS) is 12.8. The lowest BCUT2D eigenvalue weighted by Crippen LogP contribution is -2.39. The molecule has 2 aromatic rings. The Bertz CT molecular complexity index is 830. The summed E-state index contributed by atoms with van der Waals surface area (Å²) in [5.74, 6) is -0.648. The van der Waals surface area contributed by atoms with Crippen molar-refractivity contribution in [2.45, 2.75) is 25.7 Å². The summed E-state index contributed by atoms with van der Waals surface area (Å²) >= 11 is 0. The fraction of sp³-hybridized carbons (Fsp3) is 0.438. The van der Waals surface area contributed by atoms with Gasteiger partial charge in [0.2, 0.25) is 10.0 Å². The van der Waals surface area contributed by atoms with Gasteiger partial charge in [-0.2, -0.15) is 5.10 Å². The SMILES string of the molecule is Cc1cnn(-c2ccc(S(=O)(=O)N(C)CC(C)(C)CN)cc2F)c1. The number of nitrogens with zero attached hydrogens (tertiary/aromatic N) is 3.